The molecule has 0 fully saturated rings. The van der Waals surface area contributed by atoms with Crippen molar-refractivity contribution in [2.75, 3.05) is 0 Å². The summed E-state index contributed by atoms with van der Waals surface area (Å²) in [5.41, 5.74) is -0.796. The lowest BCUT2D eigenvalue weighted by Gasteiger charge is -2.23. The lowest BCUT2D eigenvalue weighted by molar-refractivity contribution is -0.491. The van der Waals surface area contributed by atoms with E-state index in [1.165, 1.54) is 0 Å². The van der Waals surface area contributed by atoms with Crippen molar-refractivity contribution in [1.29, 1.82) is 0 Å². The third-order valence-electron chi connectivity index (χ3n) is 2.26. The Morgan fingerprint density at radius 3 is 1.68 bits per heavy atom. The molecule has 0 radical (unpaired) electrons. The molecular weight excluding hydrogens is 330 g/mol. The predicted octanol–water partition coefficient (Wildman–Crippen LogP) is 4.15. The van der Waals surface area contributed by atoms with Gasteiger partial charge in [0.05, 0.1) is 0 Å². The molecule has 0 unspecified atom stereocenters. The first-order valence-electron chi connectivity index (χ1n) is 7.73. The molecule has 0 saturated heterocycles. The molecule has 0 N–H and O–H groups in total. The third kappa shape index (κ3) is 10.2. The number of carbonyl (C=O) groups is 2. The van der Waals surface area contributed by atoms with Crippen LogP contribution in [-0.2, 0) is 30.6 Å². The molecule has 0 aliphatic carbocycles. The highest BCUT2D eigenvalue weighted by molar-refractivity contribution is 5.61. The number of rotatable bonds is 5. The maximum atomic E-state index is 11.7. The summed E-state index contributed by atoms with van der Waals surface area (Å²) in [6.45, 7) is 9.98. The molecule has 0 aliphatic heterocycles. The normalized spacial score (nSPS) is 11.8. The Hall–Kier alpha value is -2.32. The minimum absolute atomic E-state index is 0.00750. The summed E-state index contributed by atoms with van der Waals surface area (Å²) >= 11 is 0. The second-order valence-corrected chi connectivity index (χ2v) is 7.09. The van der Waals surface area contributed by atoms with Crippen LogP contribution in [0.25, 0.3) is 0 Å². The van der Waals surface area contributed by atoms with E-state index in [4.69, 9.17) is 24.0 Å². The molecule has 0 bridgehead atoms. The van der Waals surface area contributed by atoms with Gasteiger partial charge in [0.1, 0.15) is 17.8 Å². The van der Waals surface area contributed by atoms with Gasteiger partial charge in [-0.2, -0.15) is 0 Å². The minimum Gasteiger partial charge on any atom is -0.427 e. The van der Waals surface area contributed by atoms with Gasteiger partial charge in [-0.15, -0.1) is 0 Å². The van der Waals surface area contributed by atoms with Gasteiger partial charge in [0.2, 0.25) is 0 Å². The van der Waals surface area contributed by atoms with E-state index >= 15 is 0 Å². The van der Waals surface area contributed by atoms with Gasteiger partial charge < -0.3 is 9.47 Å². The first-order valence-corrected chi connectivity index (χ1v) is 7.73. The van der Waals surface area contributed by atoms with Crippen LogP contribution in [0, 0.1) is 0 Å². The molecule has 1 aromatic carbocycles. The Labute approximate surface area is 147 Å². The van der Waals surface area contributed by atoms with Gasteiger partial charge in [0.15, 0.2) is 5.39 Å². The zero-order valence-electron chi connectivity index (χ0n) is 15.4. The molecule has 140 valence electrons. The number of hydrogen-bond acceptors (Lipinski definition) is 8. The second-order valence-electron chi connectivity index (χ2n) is 7.09. The van der Waals surface area contributed by atoms with Gasteiger partial charge >= 0.3 is 12.3 Å². The molecule has 1 rings (SSSR count). The molecule has 0 aliphatic rings. The van der Waals surface area contributed by atoms with E-state index < -0.39 is 23.5 Å². The quantitative estimate of drug-likeness (QED) is 0.575. The highest BCUT2D eigenvalue weighted by Gasteiger charge is 2.27. The van der Waals surface area contributed by atoms with E-state index in [2.05, 4.69) is 0 Å². The lowest BCUT2D eigenvalue weighted by atomic mass is 10.2. The number of ether oxygens (including phenoxy) is 2. The van der Waals surface area contributed by atoms with Crippen molar-refractivity contribution in [3.8, 4) is 0 Å². The fraction of sp³-hybridized carbons (Fsp3) is 0.529. The zero-order valence-corrected chi connectivity index (χ0v) is 15.4. The van der Waals surface area contributed by atoms with Crippen molar-refractivity contribution in [1.82, 2.24) is 5.39 Å². The smallest absolute Gasteiger partial charge is 0.427 e. The van der Waals surface area contributed by atoms with E-state index in [1.807, 2.05) is 18.2 Å². The molecular formula is C17H25NO7. The van der Waals surface area contributed by atoms with Gasteiger partial charge in [-0.05, 0) is 47.1 Å². The Morgan fingerprint density at radius 2 is 1.28 bits per heavy atom. The Bertz CT molecular complexity index is 531. The van der Waals surface area contributed by atoms with E-state index in [-0.39, 0.29) is 12.0 Å². The Morgan fingerprint density at radius 1 is 0.840 bits per heavy atom. The van der Waals surface area contributed by atoms with Crippen LogP contribution in [0.4, 0.5) is 9.59 Å². The number of benzene rings is 1. The van der Waals surface area contributed by atoms with Gasteiger partial charge in [-0.3, -0.25) is 9.68 Å². The van der Waals surface area contributed by atoms with E-state index in [0.29, 0.717) is 0 Å². The van der Waals surface area contributed by atoms with Crippen LogP contribution in [0.3, 0.4) is 0 Å². The molecule has 0 atom stereocenters. The van der Waals surface area contributed by atoms with Crippen molar-refractivity contribution >= 4 is 12.3 Å². The van der Waals surface area contributed by atoms with Crippen molar-refractivity contribution in [3.05, 3.63) is 35.9 Å². The van der Waals surface area contributed by atoms with E-state index in [1.54, 1.807) is 53.7 Å². The van der Waals surface area contributed by atoms with Crippen LogP contribution in [0.2, 0.25) is 0 Å². The fourth-order valence-corrected chi connectivity index (χ4v) is 1.43. The lowest BCUT2D eigenvalue weighted by Crippen LogP contribution is -2.35. The van der Waals surface area contributed by atoms with Crippen LogP contribution in [0.1, 0.15) is 47.1 Å². The Balaban J connectivity index is 2.68. The van der Waals surface area contributed by atoms with Gasteiger partial charge in [0.25, 0.3) is 0 Å². The average Bonchev–Trinajstić information content (AvgIpc) is 2.41. The summed E-state index contributed by atoms with van der Waals surface area (Å²) in [6, 6.07) is 9.05. The minimum atomic E-state index is -1.09. The second kappa shape index (κ2) is 8.68. The Kier molecular flexibility index (Phi) is 7.20. The molecule has 8 heteroatoms. The van der Waals surface area contributed by atoms with E-state index in [0.717, 1.165) is 5.56 Å². The summed E-state index contributed by atoms with van der Waals surface area (Å²) < 4.78 is 9.98. The molecule has 8 nitrogen and oxygen atoms in total. The maximum absolute atomic E-state index is 11.7. The third-order valence-corrected chi connectivity index (χ3v) is 2.26. The van der Waals surface area contributed by atoms with Gasteiger partial charge in [-0.25, -0.2) is 14.4 Å². The molecule has 25 heavy (non-hydrogen) atoms. The number of carbonyl (C=O) groups excluding carboxylic acids is 2. The molecule has 0 aromatic heterocycles. The SMILES string of the molecule is CC(C)(C)OC(=O)ON(OCc1ccccc1)OC(=O)OC(C)(C)C. The monoisotopic (exact) mass is 355 g/mol. The standard InChI is InChI=1S/C17H25NO7/c1-16(2,3)22-14(19)24-18(25-15(20)23-17(4,5)6)21-12-13-10-8-7-9-11-13/h7-11H,12H2,1-6H3. The van der Waals surface area contributed by atoms with Crippen molar-refractivity contribution in [3.63, 3.8) is 0 Å². The number of nitrogens with zero attached hydrogens (tertiary/aromatic N) is 1. The van der Waals surface area contributed by atoms with Crippen molar-refractivity contribution in [2.45, 2.75) is 59.4 Å². The largest absolute Gasteiger partial charge is 0.532 e. The van der Waals surface area contributed by atoms with Gasteiger partial charge in [-0.1, -0.05) is 30.3 Å². The van der Waals surface area contributed by atoms with Gasteiger partial charge in [0, 0.05) is 0 Å². The first kappa shape index (κ1) is 20.7. The van der Waals surface area contributed by atoms with Crippen molar-refractivity contribution in [2.24, 2.45) is 0 Å². The van der Waals surface area contributed by atoms with Crippen LogP contribution < -0.4 is 0 Å². The number of hydrogen-bond donors (Lipinski definition) is 0. The van der Waals surface area contributed by atoms with Crippen LogP contribution in [0.5, 0.6) is 0 Å². The predicted molar refractivity (Wildman–Crippen MR) is 87.7 cm³/mol. The summed E-state index contributed by atoms with van der Waals surface area (Å²) in [7, 11) is 0. The molecule has 0 heterocycles. The van der Waals surface area contributed by atoms with E-state index in [9.17, 15) is 9.59 Å². The summed E-state index contributed by atoms with van der Waals surface area (Å²) in [5.74, 6) is 0. The summed E-state index contributed by atoms with van der Waals surface area (Å²) in [4.78, 5) is 38.2. The summed E-state index contributed by atoms with van der Waals surface area (Å²) in [6.07, 6.45) is -2.19. The fourth-order valence-electron chi connectivity index (χ4n) is 1.43. The molecule has 0 saturated carbocycles. The van der Waals surface area contributed by atoms with Crippen LogP contribution in [-0.4, -0.2) is 28.9 Å². The summed E-state index contributed by atoms with van der Waals surface area (Å²) in [5, 5.41) is 0.273. The van der Waals surface area contributed by atoms with Crippen molar-refractivity contribution < 1.29 is 33.6 Å². The zero-order chi connectivity index (χ0) is 19.1. The highest BCUT2D eigenvalue weighted by atomic mass is 17.2. The average molecular weight is 355 g/mol. The molecule has 0 spiro atoms. The topological polar surface area (TPSA) is 83.5 Å². The molecule has 1 aromatic rings. The van der Waals surface area contributed by atoms with Crippen LogP contribution in [0.15, 0.2) is 30.3 Å². The first-order chi connectivity index (χ1) is 11.4. The van der Waals surface area contributed by atoms with Crippen LogP contribution >= 0.6 is 0 Å². The highest BCUT2D eigenvalue weighted by Crippen LogP contribution is 2.13. The molecule has 0 amide bonds. The maximum Gasteiger partial charge on any atom is 0.532 e.